The lowest BCUT2D eigenvalue weighted by Crippen LogP contribution is -2.23. The van der Waals surface area contributed by atoms with E-state index >= 15 is 0 Å². The minimum Gasteiger partial charge on any atom is -0.497 e. The highest BCUT2D eigenvalue weighted by molar-refractivity contribution is 5.31. The van der Waals surface area contributed by atoms with Crippen LogP contribution in [0.4, 0.5) is 0 Å². The lowest BCUT2D eigenvalue weighted by atomic mass is 10.2. The van der Waals surface area contributed by atoms with Crippen LogP contribution >= 0.6 is 0 Å². The highest BCUT2D eigenvalue weighted by Crippen LogP contribution is 2.16. The van der Waals surface area contributed by atoms with Crippen molar-refractivity contribution in [3.63, 3.8) is 0 Å². The Kier molecular flexibility index (Phi) is 5.86. The van der Waals surface area contributed by atoms with Gasteiger partial charge in [-0.2, -0.15) is 0 Å². The van der Waals surface area contributed by atoms with Gasteiger partial charge in [0.25, 0.3) is 0 Å². The first-order valence-corrected chi connectivity index (χ1v) is 6.75. The molecule has 0 saturated heterocycles. The number of ether oxygens (including phenoxy) is 2. The first-order valence-electron chi connectivity index (χ1n) is 6.75. The molecular formula is C16H20N2O2. The summed E-state index contributed by atoms with van der Waals surface area (Å²) >= 11 is 0. The van der Waals surface area contributed by atoms with Crippen molar-refractivity contribution in [2.45, 2.75) is 6.42 Å². The van der Waals surface area contributed by atoms with Gasteiger partial charge < -0.3 is 14.8 Å². The Morgan fingerprint density at radius 3 is 2.55 bits per heavy atom. The third-order valence-corrected chi connectivity index (χ3v) is 2.92. The zero-order valence-electron chi connectivity index (χ0n) is 11.7. The molecule has 1 N–H and O–H groups in total. The van der Waals surface area contributed by atoms with Gasteiger partial charge in [0.1, 0.15) is 18.1 Å². The molecule has 0 aliphatic carbocycles. The van der Waals surface area contributed by atoms with E-state index in [1.165, 1.54) is 5.56 Å². The number of hydrogen-bond donors (Lipinski definition) is 1. The summed E-state index contributed by atoms with van der Waals surface area (Å²) in [5.74, 6) is 1.70. The Balaban J connectivity index is 1.57. The van der Waals surface area contributed by atoms with Crippen LogP contribution in [0, 0.1) is 0 Å². The van der Waals surface area contributed by atoms with Crippen molar-refractivity contribution in [3.8, 4) is 11.5 Å². The molecule has 0 saturated carbocycles. The van der Waals surface area contributed by atoms with Crippen molar-refractivity contribution >= 4 is 0 Å². The van der Waals surface area contributed by atoms with Gasteiger partial charge in [-0.05, 0) is 48.9 Å². The fourth-order valence-electron chi connectivity index (χ4n) is 1.82. The molecule has 0 aliphatic heterocycles. The van der Waals surface area contributed by atoms with Crippen LogP contribution in [-0.4, -0.2) is 31.8 Å². The van der Waals surface area contributed by atoms with Gasteiger partial charge in [0, 0.05) is 18.9 Å². The van der Waals surface area contributed by atoms with Crippen molar-refractivity contribution in [1.82, 2.24) is 10.3 Å². The number of methoxy groups -OCH3 is 1. The fourth-order valence-corrected chi connectivity index (χ4v) is 1.82. The lowest BCUT2D eigenvalue weighted by molar-refractivity contribution is 0.313. The Morgan fingerprint density at radius 1 is 1.05 bits per heavy atom. The van der Waals surface area contributed by atoms with Crippen molar-refractivity contribution in [2.24, 2.45) is 0 Å². The van der Waals surface area contributed by atoms with Crippen LogP contribution < -0.4 is 14.8 Å². The Labute approximate surface area is 119 Å². The number of nitrogens with zero attached hydrogens (tertiary/aromatic N) is 1. The minimum atomic E-state index is 0.652. The second-order valence-electron chi connectivity index (χ2n) is 4.39. The normalized spacial score (nSPS) is 10.2. The third kappa shape index (κ3) is 4.90. The maximum absolute atomic E-state index is 5.63. The summed E-state index contributed by atoms with van der Waals surface area (Å²) in [6.07, 6.45) is 4.67. The number of aromatic nitrogens is 1. The summed E-state index contributed by atoms with van der Waals surface area (Å²) in [5.41, 5.74) is 1.25. The summed E-state index contributed by atoms with van der Waals surface area (Å²) in [7, 11) is 1.65. The predicted molar refractivity (Wildman–Crippen MR) is 79.3 cm³/mol. The second kappa shape index (κ2) is 8.17. The summed E-state index contributed by atoms with van der Waals surface area (Å²) in [6, 6.07) is 11.7. The molecule has 0 atom stereocenters. The van der Waals surface area contributed by atoms with E-state index in [1.807, 2.05) is 36.5 Å². The van der Waals surface area contributed by atoms with E-state index in [4.69, 9.17) is 9.47 Å². The maximum atomic E-state index is 5.63. The highest BCUT2D eigenvalue weighted by Gasteiger charge is 1.95. The van der Waals surface area contributed by atoms with Gasteiger partial charge in [-0.15, -0.1) is 0 Å². The standard InChI is InChI=1S/C16H20N2O2/c1-19-15-4-6-16(7-5-15)20-12-11-17-10-8-14-3-2-9-18-13-14/h2-7,9,13,17H,8,10-12H2,1H3. The average molecular weight is 272 g/mol. The van der Waals surface area contributed by atoms with Crippen molar-refractivity contribution < 1.29 is 9.47 Å². The topological polar surface area (TPSA) is 43.4 Å². The molecule has 1 aromatic heterocycles. The van der Waals surface area contributed by atoms with Gasteiger partial charge in [-0.1, -0.05) is 6.07 Å². The van der Waals surface area contributed by atoms with Crippen LogP contribution in [-0.2, 0) is 6.42 Å². The van der Waals surface area contributed by atoms with Crippen molar-refractivity contribution in [3.05, 3.63) is 54.4 Å². The van der Waals surface area contributed by atoms with Gasteiger partial charge >= 0.3 is 0 Å². The van der Waals surface area contributed by atoms with Gasteiger partial charge in [-0.3, -0.25) is 4.98 Å². The van der Waals surface area contributed by atoms with E-state index in [-0.39, 0.29) is 0 Å². The SMILES string of the molecule is COc1ccc(OCCNCCc2cccnc2)cc1. The van der Waals surface area contributed by atoms with Gasteiger partial charge in [0.05, 0.1) is 7.11 Å². The summed E-state index contributed by atoms with van der Waals surface area (Å²) < 4.78 is 10.7. The smallest absolute Gasteiger partial charge is 0.119 e. The van der Waals surface area contributed by atoms with E-state index < -0.39 is 0 Å². The molecule has 0 amide bonds. The van der Waals surface area contributed by atoms with Crippen LogP contribution in [0.5, 0.6) is 11.5 Å². The van der Waals surface area contributed by atoms with E-state index in [9.17, 15) is 0 Å². The Morgan fingerprint density at radius 2 is 1.85 bits per heavy atom. The van der Waals surface area contributed by atoms with Crippen molar-refractivity contribution in [2.75, 3.05) is 26.8 Å². The Hall–Kier alpha value is -2.07. The summed E-state index contributed by atoms with van der Waals surface area (Å²) in [5, 5.41) is 3.35. The maximum Gasteiger partial charge on any atom is 0.119 e. The molecule has 0 unspecified atom stereocenters. The first kappa shape index (κ1) is 14.3. The number of hydrogen-bond acceptors (Lipinski definition) is 4. The zero-order chi connectivity index (χ0) is 14.0. The highest BCUT2D eigenvalue weighted by atomic mass is 16.5. The molecule has 0 radical (unpaired) electrons. The largest absolute Gasteiger partial charge is 0.497 e. The fraction of sp³-hybridized carbons (Fsp3) is 0.312. The van der Waals surface area contributed by atoms with Crippen LogP contribution in [0.25, 0.3) is 0 Å². The number of benzene rings is 1. The number of rotatable bonds is 8. The molecular weight excluding hydrogens is 252 g/mol. The third-order valence-electron chi connectivity index (χ3n) is 2.92. The van der Waals surface area contributed by atoms with E-state index in [2.05, 4.69) is 16.4 Å². The summed E-state index contributed by atoms with van der Waals surface area (Å²) in [6.45, 7) is 2.41. The zero-order valence-corrected chi connectivity index (χ0v) is 11.7. The van der Waals surface area contributed by atoms with Gasteiger partial charge in [0.2, 0.25) is 0 Å². The van der Waals surface area contributed by atoms with Crippen LogP contribution in [0.3, 0.4) is 0 Å². The molecule has 2 aromatic rings. The first-order chi connectivity index (χ1) is 9.88. The molecule has 4 nitrogen and oxygen atoms in total. The average Bonchev–Trinajstić information content (AvgIpc) is 2.52. The van der Waals surface area contributed by atoms with Gasteiger partial charge in [-0.25, -0.2) is 0 Å². The van der Waals surface area contributed by atoms with Crippen molar-refractivity contribution in [1.29, 1.82) is 0 Å². The van der Waals surface area contributed by atoms with E-state index in [0.29, 0.717) is 6.61 Å². The number of pyridine rings is 1. The molecule has 2 rings (SSSR count). The monoisotopic (exact) mass is 272 g/mol. The Bertz CT molecular complexity index is 486. The van der Waals surface area contributed by atoms with Crippen LogP contribution in [0.15, 0.2) is 48.8 Å². The molecule has 106 valence electrons. The van der Waals surface area contributed by atoms with Crippen LogP contribution in [0.1, 0.15) is 5.56 Å². The minimum absolute atomic E-state index is 0.652. The molecule has 1 heterocycles. The molecule has 20 heavy (non-hydrogen) atoms. The predicted octanol–water partition coefficient (Wildman–Crippen LogP) is 2.30. The number of nitrogens with one attached hydrogen (secondary N) is 1. The van der Waals surface area contributed by atoms with Crippen LogP contribution in [0.2, 0.25) is 0 Å². The second-order valence-corrected chi connectivity index (χ2v) is 4.39. The molecule has 4 heteroatoms. The lowest BCUT2D eigenvalue weighted by Gasteiger charge is -2.08. The summed E-state index contributed by atoms with van der Waals surface area (Å²) in [4.78, 5) is 4.09. The molecule has 0 fully saturated rings. The molecule has 0 aliphatic rings. The molecule has 0 bridgehead atoms. The van der Waals surface area contributed by atoms with Gasteiger partial charge in [0.15, 0.2) is 0 Å². The molecule has 0 spiro atoms. The quantitative estimate of drug-likeness (QED) is 0.749. The van der Waals surface area contributed by atoms with E-state index in [1.54, 1.807) is 13.3 Å². The van der Waals surface area contributed by atoms with E-state index in [0.717, 1.165) is 31.0 Å². The molecule has 1 aromatic carbocycles.